The molecule has 0 amide bonds. The third-order valence-corrected chi connectivity index (χ3v) is 3.70. The summed E-state index contributed by atoms with van der Waals surface area (Å²) in [7, 11) is 0. The van der Waals surface area contributed by atoms with Crippen molar-refractivity contribution in [1.82, 2.24) is 0 Å². The van der Waals surface area contributed by atoms with Crippen LogP contribution in [0.15, 0.2) is 0 Å². The summed E-state index contributed by atoms with van der Waals surface area (Å²) < 4.78 is 0. The summed E-state index contributed by atoms with van der Waals surface area (Å²) in [5, 5.41) is 29.6. The molecule has 6 nitrogen and oxygen atoms in total. The van der Waals surface area contributed by atoms with Crippen molar-refractivity contribution in [2.75, 3.05) is 0 Å². The van der Waals surface area contributed by atoms with Gasteiger partial charge in [-0.05, 0) is 38.5 Å². The largest absolute Gasteiger partial charge is 3.00 e. The quantitative estimate of drug-likeness (QED) is 0.299. The molecule has 0 aliphatic heterocycles. The molecule has 0 heterocycles. The first-order valence-corrected chi connectivity index (χ1v) is 10.4. The van der Waals surface area contributed by atoms with Gasteiger partial charge in [-0.25, -0.2) is 0 Å². The second kappa shape index (κ2) is 31.5. The van der Waals surface area contributed by atoms with E-state index < -0.39 is 17.9 Å². The number of aliphatic carboxylic acids is 3. The van der Waals surface area contributed by atoms with Crippen LogP contribution in [0.4, 0.5) is 0 Å². The smallest absolute Gasteiger partial charge is 0.550 e. The fourth-order valence-electron chi connectivity index (χ4n) is 2.09. The van der Waals surface area contributed by atoms with E-state index in [0.717, 1.165) is 77.0 Å². The van der Waals surface area contributed by atoms with Gasteiger partial charge in [0.15, 0.2) is 0 Å². The molecule has 0 aromatic carbocycles. The Bertz CT molecular complexity index is 295. The topological polar surface area (TPSA) is 120 Å². The van der Waals surface area contributed by atoms with Gasteiger partial charge in [-0.1, -0.05) is 78.6 Å². The molecule has 0 bridgehead atoms. The van der Waals surface area contributed by atoms with Crippen molar-refractivity contribution in [2.24, 2.45) is 0 Å². The first-order chi connectivity index (χ1) is 12.8. The zero-order valence-electron chi connectivity index (χ0n) is 18.1. The van der Waals surface area contributed by atoms with Crippen molar-refractivity contribution in [3.05, 3.63) is 0 Å². The number of carboxylic acid groups (broad SMARTS) is 3. The number of carboxylic acids is 3. The standard InChI is InChI=1S/3C7H14O2.Nd/c3*1-2-3-4-5-6-7(8)9;/h3*2-6H2,1H3,(H,8,9);/q;;;+3/p-3. The van der Waals surface area contributed by atoms with E-state index in [1.54, 1.807) is 0 Å². The van der Waals surface area contributed by atoms with Gasteiger partial charge in [0, 0.05) is 17.9 Å². The van der Waals surface area contributed by atoms with Crippen LogP contribution in [0.1, 0.15) is 117 Å². The minimum Gasteiger partial charge on any atom is -0.550 e. The molecule has 28 heavy (non-hydrogen) atoms. The SMILES string of the molecule is CCCCCCC(=O)[O-].CCCCCCC(=O)[O-].CCCCCCC(=O)[O-].[Nd+3]. The van der Waals surface area contributed by atoms with Crippen LogP contribution in [0.25, 0.3) is 0 Å². The minimum absolute atomic E-state index is 0. The van der Waals surface area contributed by atoms with Gasteiger partial charge in [0.05, 0.1) is 0 Å². The monoisotopic (exact) mass is 529 g/mol. The molecule has 0 aromatic heterocycles. The molecule has 0 rings (SSSR count). The Morgan fingerprint density at radius 3 is 0.821 bits per heavy atom. The predicted molar refractivity (Wildman–Crippen MR) is 101 cm³/mol. The van der Waals surface area contributed by atoms with Crippen LogP contribution in [-0.2, 0) is 14.4 Å². The van der Waals surface area contributed by atoms with Crippen molar-refractivity contribution in [1.29, 1.82) is 0 Å². The van der Waals surface area contributed by atoms with Crippen LogP contribution in [0, 0.1) is 40.8 Å². The maximum Gasteiger partial charge on any atom is 3.00 e. The summed E-state index contributed by atoms with van der Waals surface area (Å²) in [5.41, 5.74) is 0. The van der Waals surface area contributed by atoms with Gasteiger partial charge in [0.2, 0.25) is 0 Å². The van der Waals surface area contributed by atoms with Gasteiger partial charge in [-0.3, -0.25) is 0 Å². The molecule has 0 fully saturated rings. The molecule has 0 spiro atoms. The first kappa shape index (κ1) is 35.2. The van der Waals surface area contributed by atoms with Crippen molar-refractivity contribution < 1.29 is 70.5 Å². The molecule has 0 saturated heterocycles. The molecule has 0 N–H and O–H groups in total. The zero-order chi connectivity index (χ0) is 21.3. The van der Waals surface area contributed by atoms with Gasteiger partial charge in [0.1, 0.15) is 0 Å². The van der Waals surface area contributed by atoms with E-state index in [-0.39, 0.29) is 60.1 Å². The average Bonchev–Trinajstić information content (AvgIpc) is 2.60. The van der Waals surface area contributed by atoms with Crippen molar-refractivity contribution in [2.45, 2.75) is 117 Å². The van der Waals surface area contributed by atoms with Crippen molar-refractivity contribution in [3.63, 3.8) is 0 Å². The average molecular weight is 532 g/mol. The van der Waals surface area contributed by atoms with Gasteiger partial charge < -0.3 is 29.7 Å². The summed E-state index contributed by atoms with van der Waals surface area (Å²) in [6.45, 7) is 6.29. The van der Waals surface area contributed by atoms with Crippen molar-refractivity contribution >= 4 is 17.9 Å². The van der Waals surface area contributed by atoms with Gasteiger partial charge in [-0.2, -0.15) is 0 Å². The summed E-state index contributed by atoms with van der Waals surface area (Å²) in [4.78, 5) is 29.6. The second-order valence-corrected chi connectivity index (χ2v) is 6.55. The van der Waals surface area contributed by atoms with Gasteiger partial charge in [0.25, 0.3) is 0 Å². The van der Waals surface area contributed by atoms with E-state index in [9.17, 15) is 29.7 Å². The molecular formula is C21H39NdO6. The van der Waals surface area contributed by atoms with Crippen LogP contribution < -0.4 is 15.3 Å². The fourth-order valence-corrected chi connectivity index (χ4v) is 2.09. The Labute approximate surface area is 204 Å². The number of hydrogen-bond acceptors (Lipinski definition) is 6. The summed E-state index contributed by atoms with van der Waals surface area (Å²) in [5.74, 6) is -2.77. The molecule has 0 atom stereocenters. The summed E-state index contributed by atoms with van der Waals surface area (Å²) in [6.07, 6.45) is 12.9. The maximum absolute atomic E-state index is 9.85. The number of rotatable bonds is 15. The minimum atomic E-state index is -0.925. The molecule has 7 heteroatoms. The van der Waals surface area contributed by atoms with Crippen LogP contribution in [0.2, 0.25) is 0 Å². The summed E-state index contributed by atoms with van der Waals surface area (Å²) in [6, 6.07) is 0. The van der Waals surface area contributed by atoms with E-state index in [1.807, 2.05) is 0 Å². The Morgan fingerprint density at radius 2 is 0.679 bits per heavy atom. The Kier molecular flexibility index (Phi) is 39.6. The fraction of sp³-hybridized carbons (Fsp3) is 0.857. The van der Waals surface area contributed by atoms with E-state index in [4.69, 9.17) is 0 Å². The second-order valence-electron chi connectivity index (χ2n) is 6.55. The zero-order valence-corrected chi connectivity index (χ0v) is 21.3. The summed E-state index contributed by atoms with van der Waals surface area (Å²) >= 11 is 0. The Hall–Kier alpha value is -0.239. The van der Waals surface area contributed by atoms with Gasteiger partial charge in [-0.15, -0.1) is 0 Å². The first-order valence-electron chi connectivity index (χ1n) is 10.4. The molecule has 0 saturated carbocycles. The van der Waals surface area contributed by atoms with E-state index >= 15 is 0 Å². The van der Waals surface area contributed by atoms with Crippen LogP contribution in [-0.4, -0.2) is 17.9 Å². The number of carbonyl (C=O) groups excluding carboxylic acids is 3. The van der Waals surface area contributed by atoms with Crippen molar-refractivity contribution in [3.8, 4) is 0 Å². The number of hydrogen-bond donors (Lipinski definition) is 0. The molecule has 0 aromatic rings. The van der Waals surface area contributed by atoms with E-state index in [0.29, 0.717) is 0 Å². The molecule has 0 unspecified atom stereocenters. The number of unbranched alkanes of at least 4 members (excludes halogenated alkanes) is 9. The van der Waals surface area contributed by atoms with Crippen LogP contribution >= 0.6 is 0 Å². The molecular weight excluding hydrogens is 492 g/mol. The van der Waals surface area contributed by atoms with E-state index in [2.05, 4.69) is 20.8 Å². The Morgan fingerprint density at radius 1 is 0.464 bits per heavy atom. The Balaban J connectivity index is -0.000000152. The third kappa shape index (κ3) is 50.1. The number of carbonyl (C=O) groups is 3. The molecule has 163 valence electrons. The van der Waals surface area contributed by atoms with E-state index in [1.165, 1.54) is 0 Å². The third-order valence-electron chi connectivity index (χ3n) is 3.70. The molecule has 0 aliphatic carbocycles. The predicted octanol–water partition coefficient (Wildman–Crippen LogP) is 2.12. The van der Waals surface area contributed by atoms with Gasteiger partial charge >= 0.3 is 40.8 Å². The maximum atomic E-state index is 9.85. The molecule has 1 radical (unpaired) electrons. The normalized spacial score (nSPS) is 9.11. The van der Waals surface area contributed by atoms with Crippen LogP contribution in [0.3, 0.4) is 0 Å². The molecule has 0 aliphatic rings. The van der Waals surface area contributed by atoms with Crippen LogP contribution in [0.5, 0.6) is 0 Å².